The summed E-state index contributed by atoms with van der Waals surface area (Å²) in [5.41, 5.74) is 0. The second-order valence-electron chi connectivity index (χ2n) is 3.51. The fraction of sp³-hybridized carbons (Fsp3) is 0.167. The molecule has 2 aromatic rings. The second-order valence-corrected chi connectivity index (χ2v) is 4.60. The van der Waals surface area contributed by atoms with Gasteiger partial charge in [-0.25, -0.2) is 4.98 Å². The Balaban J connectivity index is 2.27. The summed E-state index contributed by atoms with van der Waals surface area (Å²) in [7, 11) is 0. The molecule has 4 nitrogen and oxygen atoms in total. The predicted octanol–water partition coefficient (Wildman–Crippen LogP) is 2.51. The molecule has 0 saturated heterocycles. The van der Waals surface area contributed by atoms with Crippen molar-refractivity contribution in [2.45, 2.75) is 11.4 Å². The molecule has 0 amide bonds. The van der Waals surface area contributed by atoms with E-state index in [0.29, 0.717) is 5.75 Å². The molecular formula is C12H11NO3S. The van der Waals surface area contributed by atoms with E-state index < -0.39 is 5.97 Å². The number of rotatable bonds is 4. The van der Waals surface area contributed by atoms with Crippen molar-refractivity contribution >= 4 is 28.5 Å². The summed E-state index contributed by atoms with van der Waals surface area (Å²) in [6.07, 6.45) is 1.78. The summed E-state index contributed by atoms with van der Waals surface area (Å²) in [4.78, 5) is 14.6. The van der Waals surface area contributed by atoms with E-state index in [0.717, 1.165) is 15.8 Å². The van der Waals surface area contributed by atoms with Crippen LogP contribution in [0.2, 0.25) is 0 Å². The van der Waals surface area contributed by atoms with Crippen molar-refractivity contribution in [2.75, 3.05) is 5.75 Å². The van der Waals surface area contributed by atoms with Gasteiger partial charge in [0.1, 0.15) is 10.8 Å². The molecule has 1 aromatic carbocycles. The molecule has 2 N–H and O–H groups in total. The van der Waals surface area contributed by atoms with Gasteiger partial charge >= 0.3 is 5.97 Å². The van der Waals surface area contributed by atoms with E-state index in [1.165, 1.54) is 11.8 Å². The molecule has 1 aromatic heterocycles. The molecule has 0 unspecified atom stereocenters. The van der Waals surface area contributed by atoms with Gasteiger partial charge in [-0.15, -0.1) is 11.8 Å². The van der Waals surface area contributed by atoms with Gasteiger partial charge in [0, 0.05) is 17.3 Å². The minimum Gasteiger partial charge on any atom is -0.508 e. The van der Waals surface area contributed by atoms with Crippen molar-refractivity contribution in [3.05, 3.63) is 30.5 Å². The molecule has 88 valence electrons. The minimum atomic E-state index is -0.819. The fourth-order valence-corrected chi connectivity index (χ4v) is 2.42. The Morgan fingerprint density at radius 1 is 1.35 bits per heavy atom. The van der Waals surface area contributed by atoms with Gasteiger partial charge < -0.3 is 10.2 Å². The lowest BCUT2D eigenvalue weighted by Crippen LogP contribution is -1.96. The molecule has 0 radical (unpaired) electrons. The molecule has 17 heavy (non-hydrogen) atoms. The maximum Gasteiger partial charge on any atom is 0.304 e. The van der Waals surface area contributed by atoms with Crippen LogP contribution in [-0.2, 0) is 4.79 Å². The molecule has 0 atom stereocenters. The number of carbonyl (C=O) groups is 1. The smallest absolute Gasteiger partial charge is 0.304 e. The van der Waals surface area contributed by atoms with Crippen LogP contribution >= 0.6 is 11.8 Å². The van der Waals surface area contributed by atoms with Crippen LogP contribution in [0.3, 0.4) is 0 Å². The second kappa shape index (κ2) is 5.05. The maximum absolute atomic E-state index is 10.4. The number of carboxylic acid groups (broad SMARTS) is 1. The third-order valence-corrected chi connectivity index (χ3v) is 3.27. The van der Waals surface area contributed by atoms with E-state index in [2.05, 4.69) is 4.98 Å². The van der Waals surface area contributed by atoms with E-state index in [1.807, 2.05) is 12.1 Å². The van der Waals surface area contributed by atoms with Crippen LogP contribution in [0.25, 0.3) is 10.8 Å². The Bertz CT molecular complexity index is 556. The van der Waals surface area contributed by atoms with Crippen molar-refractivity contribution in [1.29, 1.82) is 0 Å². The number of nitrogens with zero attached hydrogens (tertiary/aromatic N) is 1. The number of aliphatic carboxylic acids is 1. The predicted molar refractivity (Wildman–Crippen MR) is 66.4 cm³/mol. The van der Waals surface area contributed by atoms with Crippen molar-refractivity contribution in [2.24, 2.45) is 0 Å². The Morgan fingerprint density at radius 2 is 2.18 bits per heavy atom. The van der Waals surface area contributed by atoms with E-state index in [-0.39, 0.29) is 12.2 Å². The highest BCUT2D eigenvalue weighted by Gasteiger charge is 2.05. The number of hydrogen-bond acceptors (Lipinski definition) is 4. The summed E-state index contributed by atoms with van der Waals surface area (Å²) >= 11 is 1.38. The number of aromatic nitrogens is 1. The van der Waals surface area contributed by atoms with Crippen molar-refractivity contribution in [3.63, 3.8) is 0 Å². The van der Waals surface area contributed by atoms with Gasteiger partial charge in [0.25, 0.3) is 0 Å². The van der Waals surface area contributed by atoms with Crippen LogP contribution in [0.5, 0.6) is 5.75 Å². The molecule has 0 saturated carbocycles. The molecule has 2 rings (SSSR count). The lowest BCUT2D eigenvalue weighted by molar-refractivity contribution is -0.136. The number of phenols is 1. The zero-order valence-electron chi connectivity index (χ0n) is 8.96. The monoisotopic (exact) mass is 249 g/mol. The first-order chi connectivity index (χ1) is 8.16. The quantitative estimate of drug-likeness (QED) is 0.815. The van der Waals surface area contributed by atoms with Crippen LogP contribution in [0.1, 0.15) is 6.42 Å². The molecule has 0 bridgehead atoms. The van der Waals surface area contributed by atoms with Crippen LogP contribution < -0.4 is 0 Å². The lowest BCUT2D eigenvalue weighted by atomic mass is 10.2. The van der Waals surface area contributed by atoms with Crippen molar-refractivity contribution in [3.8, 4) is 5.75 Å². The summed E-state index contributed by atoms with van der Waals surface area (Å²) in [5.74, 6) is -0.164. The molecular weight excluding hydrogens is 238 g/mol. The first-order valence-electron chi connectivity index (χ1n) is 5.09. The highest BCUT2D eigenvalue weighted by molar-refractivity contribution is 7.99. The molecule has 5 heteroatoms. The topological polar surface area (TPSA) is 70.4 Å². The van der Waals surface area contributed by atoms with Crippen LogP contribution in [0.15, 0.2) is 35.5 Å². The number of carboxylic acids is 1. The Hall–Kier alpha value is -1.75. The van der Waals surface area contributed by atoms with Gasteiger partial charge in [0.15, 0.2) is 0 Å². The molecule has 0 aliphatic heterocycles. The van der Waals surface area contributed by atoms with Gasteiger partial charge in [-0.05, 0) is 23.6 Å². The molecule has 0 aliphatic carbocycles. The van der Waals surface area contributed by atoms with Crippen LogP contribution in [-0.4, -0.2) is 26.9 Å². The zero-order chi connectivity index (χ0) is 12.3. The number of phenolic OH excluding ortho intramolecular Hbond substituents is 1. The van der Waals surface area contributed by atoms with E-state index in [4.69, 9.17) is 5.11 Å². The van der Waals surface area contributed by atoms with E-state index in [1.54, 1.807) is 18.3 Å². The molecule has 0 fully saturated rings. The average Bonchev–Trinajstić information content (AvgIpc) is 2.29. The number of aromatic hydroxyl groups is 1. The normalized spacial score (nSPS) is 10.6. The van der Waals surface area contributed by atoms with Gasteiger partial charge in [-0.2, -0.15) is 0 Å². The van der Waals surface area contributed by atoms with Gasteiger partial charge in [0.05, 0.1) is 6.42 Å². The number of benzene rings is 1. The highest BCUT2D eigenvalue weighted by Crippen LogP contribution is 2.28. The third kappa shape index (κ3) is 2.88. The van der Waals surface area contributed by atoms with Crippen LogP contribution in [0, 0.1) is 0 Å². The minimum absolute atomic E-state index is 0.0988. The number of fused-ring (bicyclic) bond motifs is 1. The van der Waals surface area contributed by atoms with Gasteiger partial charge in [-0.3, -0.25) is 4.79 Å². The van der Waals surface area contributed by atoms with Crippen molar-refractivity contribution < 1.29 is 15.0 Å². The molecule has 1 heterocycles. The van der Waals surface area contributed by atoms with Crippen LogP contribution in [0.4, 0.5) is 0 Å². The number of hydrogen-bond donors (Lipinski definition) is 2. The highest BCUT2D eigenvalue weighted by atomic mass is 32.2. The number of thioether (sulfide) groups is 1. The van der Waals surface area contributed by atoms with Gasteiger partial charge in [-0.1, -0.05) is 6.07 Å². The van der Waals surface area contributed by atoms with Gasteiger partial charge in [0.2, 0.25) is 0 Å². The third-order valence-electron chi connectivity index (χ3n) is 2.27. The Kier molecular flexibility index (Phi) is 3.49. The number of pyridine rings is 1. The van der Waals surface area contributed by atoms with Crippen molar-refractivity contribution in [1.82, 2.24) is 4.98 Å². The standard InChI is InChI=1S/C12H11NO3S/c14-9-2-1-8-3-5-13-12(10(8)7-9)17-6-4-11(15)16/h1-3,5,7,14H,4,6H2,(H,15,16). The fourth-order valence-electron chi connectivity index (χ4n) is 1.48. The lowest BCUT2D eigenvalue weighted by Gasteiger charge is -2.04. The molecule has 0 spiro atoms. The zero-order valence-corrected chi connectivity index (χ0v) is 9.78. The summed E-state index contributed by atoms with van der Waals surface area (Å²) in [6, 6.07) is 6.93. The van der Waals surface area contributed by atoms with E-state index >= 15 is 0 Å². The molecule has 0 aliphatic rings. The Morgan fingerprint density at radius 3 is 2.94 bits per heavy atom. The maximum atomic E-state index is 10.4. The SMILES string of the molecule is O=C(O)CCSc1nccc2ccc(O)cc12. The largest absolute Gasteiger partial charge is 0.508 e. The summed E-state index contributed by atoms with van der Waals surface area (Å²) < 4.78 is 0. The average molecular weight is 249 g/mol. The summed E-state index contributed by atoms with van der Waals surface area (Å²) in [5, 5.41) is 20.6. The first kappa shape index (κ1) is 11.7. The summed E-state index contributed by atoms with van der Waals surface area (Å²) in [6.45, 7) is 0. The van der Waals surface area contributed by atoms with E-state index in [9.17, 15) is 9.90 Å². The first-order valence-corrected chi connectivity index (χ1v) is 6.08. The Labute approximate surface area is 102 Å².